The van der Waals surface area contributed by atoms with E-state index in [1.165, 1.54) is 22.9 Å². The Balaban J connectivity index is 1.63. The molecule has 3 N–H and O–H groups in total. The van der Waals surface area contributed by atoms with Gasteiger partial charge in [-0.05, 0) is 36.2 Å². The molecule has 0 saturated carbocycles. The van der Waals surface area contributed by atoms with Gasteiger partial charge in [0, 0.05) is 24.4 Å². The molecule has 1 aromatic heterocycles. The highest BCUT2D eigenvalue weighted by Crippen LogP contribution is 2.32. The molecule has 4 rings (SSSR count). The summed E-state index contributed by atoms with van der Waals surface area (Å²) < 4.78 is 40.2. The summed E-state index contributed by atoms with van der Waals surface area (Å²) in [6, 6.07) is 10.2. The fourth-order valence-electron chi connectivity index (χ4n) is 4.00. The smallest absolute Gasteiger partial charge is 0.349 e. The molecule has 4 amide bonds. The van der Waals surface area contributed by atoms with Gasteiger partial charge in [-0.2, -0.15) is 18.3 Å². The standard InChI is InChI=1S/C23H20F3N5O3/c1-13-18(11-31(2)30-13)22(20(33)28-21(34)29-22)12-27-19(32)17-6-4-3-5-16(17)14-7-9-15(10-8-14)23(24,25)26/h3-11H,12H2,1-2H3,(H,27,32)(H2,28,29,33,34). The molecule has 0 spiro atoms. The summed E-state index contributed by atoms with van der Waals surface area (Å²) >= 11 is 0. The van der Waals surface area contributed by atoms with Gasteiger partial charge in [-0.1, -0.05) is 30.3 Å². The zero-order valence-corrected chi connectivity index (χ0v) is 18.2. The molecule has 1 aliphatic rings. The summed E-state index contributed by atoms with van der Waals surface area (Å²) in [5, 5.41) is 11.7. The molecule has 1 atom stereocenters. The number of urea groups is 1. The van der Waals surface area contributed by atoms with Crippen LogP contribution in [-0.4, -0.2) is 34.2 Å². The molecular formula is C23H20F3N5O3. The number of hydrogen-bond acceptors (Lipinski definition) is 4. The number of benzene rings is 2. The van der Waals surface area contributed by atoms with E-state index in [2.05, 4.69) is 21.0 Å². The third kappa shape index (κ3) is 4.12. The van der Waals surface area contributed by atoms with Crippen LogP contribution in [0.15, 0.2) is 54.7 Å². The van der Waals surface area contributed by atoms with Crippen LogP contribution in [0.2, 0.25) is 0 Å². The first kappa shape index (κ1) is 23.0. The third-order valence-corrected chi connectivity index (χ3v) is 5.62. The van der Waals surface area contributed by atoms with E-state index in [9.17, 15) is 27.6 Å². The number of nitrogens with one attached hydrogen (secondary N) is 3. The number of nitrogens with zero attached hydrogens (tertiary/aromatic N) is 2. The summed E-state index contributed by atoms with van der Waals surface area (Å²) in [5.74, 6) is -1.20. The van der Waals surface area contributed by atoms with Crippen LogP contribution >= 0.6 is 0 Å². The van der Waals surface area contributed by atoms with Crippen LogP contribution in [0.5, 0.6) is 0 Å². The summed E-state index contributed by atoms with van der Waals surface area (Å²) in [6.45, 7) is 1.41. The molecule has 176 valence electrons. The Labute approximate surface area is 192 Å². The predicted molar refractivity (Wildman–Crippen MR) is 116 cm³/mol. The van der Waals surface area contributed by atoms with E-state index < -0.39 is 35.1 Å². The van der Waals surface area contributed by atoms with Gasteiger partial charge < -0.3 is 10.6 Å². The van der Waals surface area contributed by atoms with Gasteiger partial charge in [-0.3, -0.25) is 19.6 Å². The Hall–Kier alpha value is -4.15. The van der Waals surface area contributed by atoms with Crippen molar-refractivity contribution in [3.05, 3.63) is 77.1 Å². The van der Waals surface area contributed by atoms with E-state index in [1.807, 2.05) is 0 Å². The van der Waals surface area contributed by atoms with Crippen LogP contribution in [0, 0.1) is 6.92 Å². The van der Waals surface area contributed by atoms with E-state index in [-0.39, 0.29) is 12.1 Å². The first-order valence-electron chi connectivity index (χ1n) is 10.2. The number of carbonyl (C=O) groups is 3. The molecular weight excluding hydrogens is 451 g/mol. The van der Waals surface area contributed by atoms with Crippen LogP contribution in [0.4, 0.5) is 18.0 Å². The predicted octanol–water partition coefficient (Wildman–Crippen LogP) is 2.88. The SMILES string of the molecule is Cc1nn(C)cc1C1(CNC(=O)c2ccccc2-c2ccc(C(F)(F)F)cc2)NC(=O)NC1=O. The minimum Gasteiger partial charge on any atom is -0.349 e. The highest BCUT2D eigenvalue weighted by Gasteiger charge is 2.49. The highest BCUT2D eigenvalue weighted by atomic mass is 19.4. The number of imide groups is 1. The average Bonchev–Trinajstić information content (AvgIpc) is 3.28. The molecule has 1 aliphatic heterocycles. The molecule has 1 unspecified atom stereocenters. The summed E-state index contributed by atoms with van der Waals surface area (Å²) in [6.07, 6.45) is -2.89. The molecule has 0 bridgehead atoms. The minimum absolute atomic E-state index is 0.199. The third-order valence-electron chi connectivity index (χ3n) is 5.62. The molecule has 2 heterocycles. The van der Waals surface area contributed by atoms with Crippen molar-refractivity contribution in [3.8, 4) is 11.1 Å². The number of aromatic nitrogens is 2. The van der Waals surface area contributed by atoms with Gasteiger partial charge in [0.15, 0.2) is 5.54 Å². The van der Waals surface area contributed by atoms with Crippen LogP contribution < -0.4 is 16.0 Å². The van der Waals surface area contributed by atoms with Gasteiger partial charge in [0.05, 0.1) is 17.8 Å². The Morgan fingerprint density at radius 1 is 1.12 bits per heavy atom. The molecule has 1 saturated heterocycles. The summed E-state index contributed by atoms with van der Waals surface area (Å²) in [5.41, 5.74) is -0.397. The summed E-state index contributed by atoms with van der Waals surface area (Å²) in [7, 11) is 1.66. The van der Waals surface area contributed by atoms with Gasteiger partial charge in [0.25, 0.3) is 11.8 Å². The van der Waals surface area contributed by atoms with Crippen molar-refractivity contribution in [1.82, 2.24) is 25.7 Å². The van der Waals surface area contributed by atoms with Gasteiger partial charge in [0.1, 0.15) is 0 Å². The fourth-order valence-corrected chi connectivity index (χ4v) is 4.00. The number of halogens is 3. The topological polar surface area (TPSA) is 105 Å². The Morgan fingerprint density at radius 2 is 1.79 bits per heavy atom. The van der Waals surface area contributed by atoms with Crippen LogP contribution in [-0.2, 0) is 23.6 Å². The molecule has 11 heteroatoms. The Bertz CT molecular complexity index is 1280. The normalized spacial score (nSPS) is 17.9. The van der Waals surface area contributed by atoms with Crippen molar-refractivity contribution in [2.75, 3.05) is 6.54 Å². The van der Waals surface area contributed by atoms with Crippen molar-refractivity contribution >= 4 is 17.8 Å². The lowest BCUT2D eigenvalue weighted by Gasteiger charge is -2.26. The van der Waals surface area contributed by atoms with E-state index in [4.69, 9.17) is 0 Å². The maximum absolute atomic E-state index is 13.1. The second-order valence-corrected chi connectivity index (χ2v) is 7.92. The average molecular weight is 471 g/mol. The molecule has 1 fully saturated rings. The van der Waals surface area contributed by atoms with Gasteiger partial charge in [-0.15, -0.1) is 0 Å². The second-order valence-electron chi connectivity index (χ2n) is 7.92. The van der Waals surface area contributed by atoms with Gasteiger partial charge >= 0.3 is 12.2 Å². The molecule has 2 aromatic carbocycles. The number of rotatable bonds is 5. The lowest BCUT2D eigenvalue weighted by atomic mass is 9.90. The fraction of sp³-hybridized carbons (Fsp3) is 0.217. The number of carbonyl (C=O) groups excluding carboxylic acids is 3. The molecule has 0 aliphatic carbocycles. The number of amides is 4. The van der Waals surface area contributed by atoms with Crippen molar-refractivity contribution in [1.29, 1.82) is 0 Å². The van der Waals surface area contributed by atoms with E-state index in [0.717, 1.165) is 12.1 Å². The van der Waals surface area contributed by atoms with Crippen LogP contribution in [0.25, 0.3) is 11.1 Å². The number of aryl methyl sites for hydroxylation is 2. The highest BCUT2D eigenvalue weighted by molar-refractivity contribution is 6.08. The van der Waals surface area contributed by atoms with Crippen molar-refractivity contribution < 1.29 is 27.6 Å². The van der Waals surface area contributed by atoms with Crippen LogP contribution in [0.1, 0.15) is 27.2 Å². The first-order valence-corrected chi connectivity index (χ1v) is 10.2. The molecule has 34 heavy (non-hydrogen) atoms. The van der Waals surface area contributed by atoms with Crippen molar-refractivity contribution in [2.45, 2.75) is 18.6 Å². The van der Waals surface area contributed by atoms with Crippen molar-refractivity contribution in [3.63, 3.8) is 0 Å². The summed E-state index contributed by atoms with van der Waals surface area (Å²) in [4.78, 5) is 37.8. The van der Waals surface area contributed by atoms with Gasteiger partial charge in [0.2, 0.25) is 0 Å². The monoisotopic (exact) mass is 471 g/mol. The van der Waals surface area contributed by atoms with Crippen molar-refractivity contribution in [2.24, 2.45) is 7.05 Å². The second kappa shape index (κ2) is 8.32. The van der Waals surface area contributed by atoms with E-state index >= 15 is 0 Å². The Kier molecular flexibility index (Phi) is 5.64. The zero-order chi connectivity index (χ0) is 24.7. The quantitative estimate of drug-likeness (QED) is 0.498. The Morgan fingerprint density at radius 3 is 2.35 bits per heavy atom. The molecule has 3 aromatic rings. The van der Waals surface area contributed by atoms with E-state index in [0.29, 0.717) is 22.4 Å². The van der Waals surface area contributed by atoms with Gasteiger partial charge in [-0.25, -0.2) is 4.79 Å². The number of hydrogen-bond donors (Lipinski definition) is 3. The van der Waals surface area contributed by atoms with E-state index in [1.54, 1.807) is 38.4 Å². The number of alkyl halides is 3. The first-order chi connectivity index (χ1) is 16.0. The lowest BCUT2D eigenvalue weighted by Crippen LogP contribution is -2.52. The maximum Gasteiger partial charge on any atom is 0.416 e. The molecule has 8 nitrogen and oxygen atoms in total. The maximum atomic E-state index is 13.1. The molecule has 0 radical (unpaired) electrons. The zero-order valence-electron chi connectivity index (χ0n) is 18.2. The van der Waals surface area contributed by atoms with Crippen LogP contribution in [0.3, 0.4) is 0 Å². The largest absolute Gasteiger partial charge is 0.416 e. The minimum atomic E-state index is -4.47. The lowest BCUT2D eigenvalue weighted by molar-refractivity contribution is -0.137.